The van der Waals surface area contributed by atoms with Gasteiger partial charge in [0.05, 0.1) is 23.8 Å². The van der Waals surface area contributed by atoms with E-state index in [1.165, 1.54) is 11.3 Å². The molecule has 1 amide bonds. The molecule has 1 atom stereocenters. The van der Waals surface area contributed by atoms with Gasteiger partial charge >= 0.3 is 0 Å². The predicted molar refractivity (Wildman–Crippen MR) is 71.3 cm³/mol. The lowest BCUT2D eigenvalue weighted by molar-refractivity contribution is -0.123. The first kappa shape index (κ1) is 18.0. The fourth-order valence-corrected chi connectivity index (χ4v) is 1.48. The molecule has 0 fully saturated rings. The van der Waals surface area contributed by atoms with Crippen molar-refractivity contribution in [1.29, 1.82) is 0 Å². The standard InChI is InChI=1S/C9H15N3OS.2ClH/c1-6(2)8(10)9(13)11-3-7-4-14-5-12-7;;/h4-6,8H,3,10H2,1-2H3,(H,11,13);2*1H. The number of hydrogen-bond donors (Lipinski definition) is 2. The maximum atomic E-state index is 11.4. The third-order valence-electron chi connectivity index (χ3n) is 1.95. The predicted octanol–water partition coefficient (Wildman–Crippen LogP) is 1.59. The number of nitrogens with zero attached hydrogens (tertiary/aromatic N) is 1. The van der Waals surface area contributed by atoms with Gasteiger partial charge in [-0.05, 0) is 5.92 Å². The number of amides is 1. The van der Waals surface area contributed by atoms with Gasteiger partial charge in [-0.1, -0.05) is 13.8 Å². The average molecular weight is 286 g/mol. The van der Waals surface area contributed by atoms with E-state index in [4.69, 9.17) is 5.73 Å². The normalized spacial score (nSPS) is 11.2. The van der Waals surface area contributed by atoms with E-state index in [1.807, 2.05) is 19.2 Å². The van der Waals surface area contributed by atoms with Crippen molar-refractivity contribution in [2.45, 2.75) is 26.4 Å². The average Bonchev–Trinajstić information content (AvgIpc) is 2.65. The highest BCUT2D eigenvalue weighted by Gasteiger charge is 2.16. The Morgan fingerprint density at radius 3 is 2.62 bits per heavy atom. The Labute approximate surface area is 112 Å². The first-order valence-corrected chi connectivity index (χ1v) is 5.46. The lowest BCUT2D eigenvalue weighted by Gasteiger charge is -2.14. The fourth-order valence-electron chi connectivity index (χ4n) is 0.923. The Balaban J connectivity index is 0. The van der Waals surface area contributed by atoms with Crippen LogP contribution in [0.5, 0.6) is 0 Å². The molecule has 3 N–H and O–H groups in total. The summed E-state index contributed by atoms with van der Waals surface area (Å²) in [6.07, 6.45) is 0. The van der Waals surface area contributed by atoms with Gasteiger partial charge in [0.1, 0.15) is 0 Å². The Hall–Kier alpha value is -0.360. The molecule has 1 aromatic rings. The van der Waals surface area contributed by atoms with Crippen LogP contribution in [0.2, 0.25) is 0 Å². The minimum Gasteiger partial charge on any atom is -0.349 e. The molecule has 0 aliphatic carbocycles. The molecule has 7 heteroatoms. The number of nitrogens with one attached hydrogen (secondary N) is 1. The van der Waals surface area contributed by atoms with E-state index in [2.05, 4.69) is 10.3 Å². The zero-order chi connectivity index (χ0) is 10.6. The van der Waals surface area contributed by atoms with Crippen LogP contribution in [0, 0.1) is 5.92 Å². The van der Waals surface area contributed by atoms with E-state index in [0.717, 1.165) is 5.69 Å². The van der Waals surface area contributed by atoms with Crippen molar-refractivity contribution < 1.29 is 4.79 Å². The molecule has 1 heterocycles. The lowest BCUT2D eigenvalue weighted by atomic mass is 10.1. The van der Waals surface area contributed by atoms with E-state index in [1.54, 1.807) is 5.51 Å². The third-order valence-corrected chi connectivity index (χ3v) is 2.58. The Bertz CT molecular complexity index is 293. The number of carbonyl (C=O) groups is 1. The molecule has 0 spiro atoms. The topological polar surface area (TPSA) is 68.0 Å². The van der Waals surface area contributed by atoms with Crippen molar-refractivity contribution in [3.05, 3.63) is 16.6 Å². The number of hydrogen-bond acceptors (Lipinski definition) is 4. The molecular weight excluding hydrogens is 269 g/mol. The van der Waals surface area contributed by atoms with Crippen LogP contribution >= 0.6 is 36.2 Å². The Morgan fingerprint density at radius 1 is 1.56 bits per heavy atom. The van der Waals surface area contributed by atoms with E-state index in [-0.39, 0.29) is 36.6 Å². The SMILES string of the molecule is CC(C)C(N)C(=O)NCc1cscn1.Cl.Cl. The monoisotopic (exact) mass is 285 g/mol. The first-order chi connectivity index (χ1) is 6.61. The van der Waals surface area contributed by atoms with Crippen LogP contribution in [-0.4, -0.2) is 16.9 Å². The van der Waals surface area contributed by atoms with E-state index in [9.17, 15) is 4.79 Å². The summed E-state index contributed by atoms with van der Waals surface area (Å²) in [5.41, 5.74) is 8.28. The van der Waals surface area contributed by atoms with Gasteiger partial charge in [0.15, 0.2) is 0 Å². The zero-order valence-corrected chi connectivity index (χ0v) is 11.6. The van der Waals surface area contributed by atoms with Gasteiger partial charge in [-0.25, -0.2) is 4.98 Å². The van der Waals surface area contributed by atoms with Crippen LogP contribution in [0.3, 0.4) is 0 Å². The number of rotatable bonds is 4. The van der Waals surface area contributed by atoms with Crippen molar-refractivity contribution >= 4 is 42.1 Å². The number of aromatic nitrogens is 1. The van der Waals surface area contributed by atoms with Crippen molar-refractivity contribution in [1.82, 2.24) is 10.3 Å². The minimum atomic E-state index is -0.436. The summed E-state index contributed by atoms with van der Waals surface area (Å²) in [5.74, 6) is 0.0402. The third kappa shape index (κ3) is 5.65. The fraction of sp³-hybridized carbons (Fsp3) is 0.556. The molecule has 4 nitrogen and oxygen atoms in total. The van der Waals surface area contributed by atoms with Crippen molar-refractivity contribution in [2.75, 3.05) is 0 Å². The highest BCUT2D eigenvalue weighted by Crippen LogP contribution is 2.01. The molecule has 0 saturated carbocycles. The molecule has 0 saturated heterocycles. The van der Waals surface area contributed by atoms with Gasteiger partial charge in [-0.2, -0.15) is 0 Å². The number of thiazole rings is 1. The zero-order valence-electron chi connectivity index (χ0n) is 9.17. The molecule has 0 aromatic carbocycles. The number of halogens is 2. The van der Waals surface area contributed by atoms with Gasteiger partial charge in [-0.15, -0.1) is 36.2 Å². The molecule has 1 unspecified atom stereocenters. The summed E-state index contributed by atoms with van der Waals surface area (Å²) in [6.45, 7) is 4.31. The van der Waals surface area contributed by atoms with Crippen LogP contribution < -0.4 is 11.1 Å². The second-order valence-corrected chi connectivity index (χ2v) is 4.19. The largest absolute Gasteiger partial charge is 0.349 e. The molecule has 94 valence electrons. The molecule has 0 radical (unpaired) electrons. The highest BCUT2D eigenvalue weighted by atomic mass is 35.5. The summed E-state index contributed by atoms with van der Waals surface area (Å²) >= 11 is 1.51. The molecule has 0 bridgehead atoms. The van der Waals surface area contributed by atoms with Gasteiger partial charge in [0.25, 0.3) is 0 Å². The van der Waals surface area contributed by atoms with Crippen molar-refractivity contribution in [3.63, 3.8) is 0 Å². The number of carbonyl (C=O) groups excluding carboxylic acids is 1. The Kier molecular flexibility index (Phi) is 9.86. The second kappa shape index (κ2) is 8.75. The van der Waals surface area contributed by atoms with E-state index >= 15 is 0 Å². The molecule has 1 rings (SSSR count). The molecule has 0 aliphatic rings. The molecular formula is C9H17Cl2N3OS. The van der Waals surface area contributed by atoms with E-state index in [0.29, 0.717) is 6.54 Å². The summed E-state index contributed by atoms with van der Waals surface area (Å²) in [5, 5.41) is 4.65. The van der Waals surface area contributed by atoms with Crippen molar-refractivity contribution in [2.24, 2.45) is 11.7 Å². The highest BCUT2D eigenvalue weighted by molar-refractivity contribution is 7.07. The Morgan fingerprint density at radius 2 is 2.19 bits per heavy atom. The van der Waals surface area contributed by atoms with Crippen LogP contribution in [0.1, 0.15) is 19.5 Å². The van der Waals surface area contributed by atoms with Crippen LogP contribution in [0.15, 0.2) is 10.9 Å². The maximum Gasteiger partial charge on any atom is 0.237 e. The van der Waals surface area contributed by atoms with Gasteiger partial charge in [0.2, 0.25) is 5.91 Å². The molecule has 0 aliphatic heterocycles. The van der Waals surface area contributed by atoms with Crippen LogP contribution in [0.25, 0.3) is 0 Å². The van der Waals surface area contributed by atoms with Gasteiger partial charge < -0.3 is 11.1 Å². The summed E-state index contributed by atoms with van der Waals surface area (Å²) in [4.78, 5) is 15.5. The summed E-state index contributed by atoms with van der Waals surface area (Å²) in [7, 11) is 0. The molecule has 1 aromatic heterocycles. The van der Waals surface area contributed by atoms with Gasteiger partial charge in [0, 0.05) is 5.38 Å². The van der Waals surface area contributed by atoms with Crippen LogP contribution in [0.4, 0.5) is 0 Å². The second-order valence-electron chi connectivity index (χ2n) is 3.47. The maximum absolute atomic E-state index is 11.4. The van der Waals surface area contributed by atoms with Crippen molar-refractivity contribution in [3.8, 4) is 0 Å². The molecule has 16 heavy (non-hydrogen) atoms. The van der Waals surface area contributed by atoms with Gasteiger partial charge in [-0.3, -0.25) is 4.79 Å². The summed E-state index contributed by atoms with van der Waals surface area (Å²) in [6, 6.07) is -0.436. The van der Waals surface area contributed by atoms with E-state index < -0.39 is 6.04 Å². The van der Waals surface area contributed by atoms with Crippen LogP contribution in [-0.2, 0) is 11.3 Å². The summed E-state index contributed by atoms with van der Waals surface area (Å²) < 4.78 is 0. The number of nitrogens with two attached hydrogens (primary N) is 1. The first-order valence-electron chi connectivity index (χ1n) is 4.51. The lowest BCUT2D eigenvalue weighted by Crippen LogP contribution is -2.43. The minimum absolute atomic E-state index is 0. The quantitative estimate of drug-likeness (QED) is 0.883. The smallest absolute Gasteiger partial charge is 0.237 e.